The number of amides is 1. The van der Waals surface area contributed by atoms with Crippen LogP contribution in [0, 0.1) is 5.41 Å². The molecule has 3 N–H and O–H groups in total. The van der Waals surface area contributed by atoms with Crippen LogP contribution >= 0.6 is 11.8 Å². The van der Waals surface area contributed by atoms with Gasteiger partial charge in [0, 0.05) is 23.5 Å². The molecule has 1 fully saturated rings. The number of anilines is 1. The van der Waals surface area contributed by atoms with Crippen molar-refractivity contribution in [1.29, 1.82) is 5.41 Å². The number of hydrogen-bond acceptors (Lipinski definition) is 6. The van der Waals surface area contributed by atoms with Crippen LogP contribution in [0.5, 0.6) is 0 Å². The zero-order valence-electron chi connectivity index (χ0n) is 19.5. The zero-order valence-corrected chi connectivity index (χ0v) is 20.4. The number of nitrogen functional groups attached to an aromatic ring is 1. The number of carbonyl (C=O) groups is 1. The molecule has 176 valence electrons. The van der Waals surface area contributed by atoms with Crippen molar-refractivity contribution in [3.05, 3.63) is 48.0 Å². The number of piperidine rings is 1. The Morgan fingerprint density at radius 2 is 1.85 bits per heavy atom. The Balaban J connectivity index is 1.42. The van der Waals surface area contributed by atoms with Crippen LogP contribution in [0.3, 0.4) is 0 Å². The number of amidine groups is 1. The number of carbonyl (C=O) groups excluding carboxylic acids is 1. The summed E-state index contributed by atoms with van der Waals surface area (Å²) in [6.45, 7) is 6.53. The molecule has 0 spiro atoms. The molecule has 0 aliphatic carbocycles. The van der Waals surface area contributed by atoms with Gasteiger partial charge in [0.1, 0.15) is 16.8 Å². The highest BCUT2D eigenvalue weighted by atomic mass is 32.2. The van der Waals surface area contributed by atoms with Crippen molar-refractivity contribution >= 4 is 29.2 Å². The van der Waals surface area contributed by atoms with Crippen LogP contribution in [-0.4, -0.2) is 51.8 Å². The number of fused-ring (bicyclic) bond motifs is 1. The fraction of sp³-hybridized carbons (Fsp3) is 0.520. The van der Waals surface area contributed by atoms with Gasteiger partial charge in [-0.15, -0.1) is 11.8 Å². The first-order valence-corrected chi connectivity index (χ1v) is 12.8. The lowest BCUT2D eigenvalue weighted by Gasteiger charge is -2.39. The van der Waals surface area contributed by atoms with E-state index in [0.717, 1.165) is 36.4 Å². The lowest BCUT2D eigenvalue weighted by Crippen LogP contribution is -2.44. The maximum Gasteiger partial charge on any atom is 0.246 e. The summed E-state index contributed by atoms with van der Waals surface area (Å²) in [5, 5.41) is 7.17. The van der Waals surface area contributed by atoms with Crippen LogP contribution in [0.25, 0.3) is 0 Å². The molecule has 2 aliphatic heterocycles. The normalized spacial score (nSPS) is 23.4. The Hall–Kier alpha value is -2.45. The second-order valence-corrected chi connectivity index (χ2v) is 10.3. The number of thioether (sulfide) groups is 1. The summed E-state index contributed by atoms with van der Waals surface area (Å²) in [6.07, 6.45) is 10.2. The van der Waals surface area contributed by atoms with E-state index >= 15 is 0 Å². The summed E-state index contributed by atoms with van der Waals surface area (Å²) >= 11 is 1.49. The van der Waals surface area contributed by atoms with Gasteiger partial charge >= 0.3 is 0 Å². The molecule has 2 aliphatic rings. The van der Waals surface area contributed by atoms with Crippen LogP contribution in [0.1, 0.15) is 69.0 Å². The minimum absolute atomic E-state index is 0.0203. The highest BCUT2D eigenvalue weighted by molar-refractivity contribution is 8.00. The summed E-state index contributed by atoms with van der Waals surface area (Å²) in [4.78, 5) is 27.7. The first-order valence-electron chi connectivity index (χ1n) is 11.9. The number of nitrogens with one attached hydrogen (secondary N) is 1. The molecule has 8 heteroatoms. The molecule has 7 nitrogen and oxygen atoms in total. The van der Waals surface area contributed by atoms with E-state index < -0.39 is 5.25 Å². The number of nitrogens with two attached hydrogens (primary N) is 1. The molecular weight excluding hydrogens is 432 g/mol. The summed E-state index contributed by atoms with van der Waals surface area (Å²) in [5.74, 6) is -0.126. The first kappa shape index (κ1) is 23.7. The molecule has 1 saturated heterocycles. The van der Waals surface area contributed by atoms with E-state index in [9.17, 15) is 4.79 Å². The third kappa shape index (κ3) is 5.38. The van der Waals surface area contributed by atoms with Gasteiger partial charge in [-0.1, -0.05) is 25.0 Å². The molecule has 2 aromatic rings. The third-order valence-corrected chi connectivity index (χ3v) is 8.04. The predicted octanol–water partition coefficient (Wildman–Crippen LogP) is 4.37. The smallest absolute Gasteiger partial charge is 0.246 e. The van der Waals surface area contributed by atoms with E-state index in [1.165, 1.54) is 37.2 Å². The zero-order chi connectivity index (χ0) is 23.4. The van der Waals surface area contributed by atoms with Gasteiger partial charge in [0.25, 0.3) is 0 Å². The molecule has 0 bridgehead atoms. The average molecular weight is 467 g/mol. The van der Waals surface area contributed by atoms with E-state index in [1.54, 1.807) is 6.20 Å². The monoisotopic (exact) mass is 466 g/mol. The number of hydrogen-bond donors (Lipinski definition) is 2. The van der Waals surface area contributed by atoms with Gasteiger partial charge < -0.3 is 10.6 Å². The van der Waals surface area contributed by atoms with E-state index in [4.69, 9.17) is 11.1 Å². The molecule has 1 aromatic heterocycles. The summed E-state index contributed by atoms with van der Waals surface area (Å²) in [5.41, 5.74) is 7.41. The van der Waals surface area contributed by atoms with Gasteiger partial charge in [0.2, 0.25) is 5.91 Å². The van der Waals surface area contributed by atoms with Gasteiger partial charge in [-0.25, -0.2) is 4.98 Å². The second kappa shape index (κ2) is 10.7. The van der Waals surface area contributed by atoms with Crippen molar-refractivity contribution in [2.45, 2.75) is 74.6 Å². The predicted molar refractivity (Wildman–Crippen MR) is 134 cm³/mol. The maximum atomic E-state index is 13.5. The van der Waals surface area contributed by atoms with Crippen LogP contribution in [-0.2, 0) is 4.79 Å². The molecule has 1 unspecified atom stereocenters. The van der Waals surface area contributed by atoms with Crippen LogP contribution in [0.4, 0.5) is 5.69 Å². The van der Waals surface area contributed by atoms with Crippen LogP contribution < -0.4 is 10.6 Å². The van der Waals surface area contributed by atoms with Gasteiger partial charge in [-0.2, -0.15) is 0 Å². The van der Waals surface area contributed by atoms with E-state index in [0.29, 0.717) is 30.0 Å². The number of para-hydroxylation sites is 1. The highest BCUT2D eigenvalue weighted by Crippen LogP contribution is 2.45. The number of nitrogens with zero attached hydrogens (tertiary/aromatic N) is 4. The van der Waals surface area contributed by atoms with Crippen LogP contribution in [0.15, 0.2) is 41.6 Å². The molecule has 0 saturated carbocycles. The molecule has 0 radical (unpaired) electrons. The standard InChI is InChI=1S/C25H34N6OS/c1-17-9-8-10-18(2)30(17)13-6-3-7-14-31-21-11-4-5-12-22(21)33-23(25(31)32)19-15-28-16-20(29-19)24(26)27/h4-5,11-12,15-18,23H,3,6-10,13-14H2,1-2H3,(H3,26,27)/t17-,18+,23?. The molecule has 33 heavy (non-hydrogen) atoms. The molecule has 3 atom stereocenters. The van der Waals surface area contributed by atoms with E-state index in [2.05, 4.69) is 28.7 Å². The average Bonchev–Trinajstić information content (AvgIpc) is 2.81. The summed E-state index contributed by atoms with van der Waals surface area (Å²) in [6, 6.07) is 9.40. The van der Waals surface area contributed by atoms with Crippen molar-refractivity contribution in [3.63, 3.8) is 0 Å². The van der Waals surface area contributed by atoms with Gasteiger partial charge in [0.15, 0.2) is 0 Å². The summed E-state index contributed by atoms with van der Waals surface area (Å²) in [7, 11) is 0. The van der Waals surface area contributed by atoms with Gasteiger partial charge in [-0.3, -0.25) is 20.1 Å². The molecule has 1 amide bonds. The fourth-order valence-corrected chi connectivity index (χ4v) is 6.10. The molecule has 3 heterocycles. The van der Waals surface area contributed by atoms with Crippen molar-refractivity contribution in [2.75, 3.05) is 18.0 Å². The van der Waals surface area contributed by atoms with Gasteiger partial charge in [-0.05, 0) is 58.2 Å². The van der Waals surface area contributed by atoms with Crippen molar-refractivity contribution in [1.82, 2.24) is 14.9 Å². The summed E-state index contributed by atoms with van der Waals surface area (Å²) < 4.78 is 0. The fourth-order valence-electron chi connectivity index (χ4n) is 4.93. The number of aromatic nitrogens is 2. The molecule has 1 aromatic carbocycles. The Morgan fingerprint density at radius 3 is 2.61 bits per heavy atom. The minimum atomic E-state index is -0.484. The number of likely N-dealkylation sites (tertiary alicyclic amines) is 1. The Kier molecular flexibility index (Phi) is 7.65. The Bertz CT molecular complexity index is 988. The maximum absolute atomic E-state index is 13.5. The van der Waals surface area contributed by atoms with Crippen molar-refractivity contribution < 1.29 is 4.79 Å². The first-order chi connectivity index (χ1) is 16.0. The second-order valence-electron chi connectivity index (χ2n) is 9.13. The van der Waals surface area contributed by atoms with Crippen LogP contribution in [0.2, 0.25) is 0 Å². The van der Waals surface area contributed by atoms with Crippen molar-refractivity contribution in [3.8, 4) is 0 Å². The van der Waals surface area contributed by atoms with E-state index in [-0.39, 0.29) is 11.7 Å². The SMILES string of the molecule is C[C@@H]1CCC[C@H](C)N1CCCCCN1C(=O)C(c2cncc(C(=N)N)n2)Sc2ccccc21. The van der Waals surface area contributed by atoms with E-state index in [1.807, 2.05) is 29.2 Å². The number of unbranched alkanes of at least 4 members (excludes halogenated alkanes) is 2. The molecular formula is C25H34N6OS. The lowest BCUT2D eigenvalue weighted by molar-refractivity contribution is -0.118. The Labute approximate surface area is 200 Å². The third-order valence-electron chi connectivity index (χ3n) is 6.76. The molecule has 4 rings (SSSR count). The number of benzene rings is 1. The lowest BCUT2D eigenvalue weighted by atomic mass is 9.97. The topological polar surface area (TPSA) is 99.2 Å². The quantitative estimate of drug-likeness (QED) is 0.340. The van der Waals surface area contributed by atoms with Gasteiger partial charge in [0.05, 0.1) is 23.8 Å². The Morgan fingerprint density at radius 1 is 1.12 bits per heavy atom. The van der Waals surface area contributed by atoms with Crippen molar-refractivity contribution in [2.24, 2.45) is 5.73 Å². The largest absolute Gasteiger partial charge is 0.382 e. The minimum Gasteiger partial charge on any atom is -0.382 e. The highest BCUT2D eigenvalue weighted by Gasteiger charge is 2.35. The number of rotatable bonds is 8.